The van der Waals surface area contributed by atoms with E-state index >= 15 is 0 Å². The van der Waals surface area contributed by atoms with E-state index in [-0.39, 0.29) is 23.9 Å². The first-order valence-electron chi connectivity index (χ1n) is 10.4. The van der Waals surface area contributed by atoms with E-state index in [1.807, 2.05) is 0 Å². The maximum atomic E-state index is 13.1. The fourth-order valence-electron chi connectivity index (χ4n) is 3.87. The number of likely N-dealkylation sites (tertiary alicyclic amines) is 1. The van der Waals surface area contributed by atoms with E-state index in [0.717, 1.165) is 25.9 Å². The number of aromatic nitrogens is 1. The molecule has 1 amide bonds. The molecule has 32 heavy (non-hydrogen) atoms. The summed E-state index contributed by atoms with van der Waals surface area (Å²) < 4.78 is 11.2. The summed E-state index contributed by atoms with van der Waals surface area (Å²) >= 11 is 12.4. The zero-order chi connectivity index (χ0) is 22.7. The van der Waals surface area contributed by atoms with Gasteiger partial charge in [-0.2, -0.15) is 0 Å². The number of amides is 1. The summed E-state index contributed by atoms with van der Waals surface area (Å²) in [6.07, 6.45) is 6.37. The first-order valence-corrected chi connectivity index (χ1v) is 11.2. The maximum Gasteiger partial charge on any atom is 0.288 e. The minimum absolute atomic E-state index is 0.0106. The van der Waals surface area contributed by atoms with Crippen molar-refractivity contribution in [3.8, 4) is 5.75 Å². The molecule has 1 aliphatic heterocycles. The Labute approximate surface area is 195 Å². The van der Waals surface area contributed by atoms with Gasteiger partial charge >= 0.3 is 0 Å². The zero-order valence-corrected chi connectivity index (χ0v) is 19.1. The van der Waals surface area contributed by atoms with Gasteiger partial charge in [-0.15, -0.1) is 0 Å². The van der Waals surface area contributed by atoms with Crippen LogP contribution >= 0.6 is 23.2 Å². The van der Waals surface area contributed by atoms with Gasteiger partial charge in [-0.1, -0.05) is 29.6 Å². The second kappa shape index (κ2) is 9.90. The molecule has 0 unspecified atom stereocenters. The van der Waals surface area contributed by atoms with Gasteiger partial charge in [-0.3, -0.25) is 19.5 Å². The van der Waals surface area contributed by atoms with Crippen LogP contribution in [-0.2, 0) is 6.42 Å². The van der Waals surface area contributed by atoms with Gasteiger partial charge in [0.2, 0.25) is 0 Å². The van der Waals surface area contributed by atoms with E-state index in [0.29, 0.717) is 44.6 Å². The number of rotatable bonds is 7. The van der Waals surface area contributed by atoms with Crippen LogP contribution in [0, 0.1) is 0 Å². The molecule has 7 nitrogen and oxygen atoms in total. The monoisotopic (exact) mass is 475 g/mol. The summed E-state index contributed by atoms with van der Waals surface area (Å²) in [5.74, 6) is 0.00307. The number of pyridine rings is 1. The molecule has 1 aromatic carbocycles. The lowest BCUT2D eigenvalue weighted by Gasteiger charge is -2.26. The average Bonchev–Trinajstić information content (AvgIpc) is 3.25. The topological polar surface area (TPSA) is 84.7 Å². The average molecular weight is 476 g/mol. The molecule has 1 aliphatic rings. The summed E-state index contributed by atoms with van der Waals surface area (Å²) in [5, 5.41) is 4.04. The highest BCUT2D eigenvalue weighted by Crippen LogP contribution is 2.33. The Morgan fingerprint density at radius 1 is 1.16 bits per heavy atom. The summed E-state index contributed by atoms with van der Waals surface area (Å²) in [7, 11) is 1.51. The number of piperidine rings is 1. The van der Waals surface area contributed by atoms with Gasteiger partial charge in [0, 0.05) is 35.3 Å². The number of Topliss-reactive ketones (excluding diaryl/α,β-unsaturated/α-hetero) is 1. The molecule has 0 aliphatic carbocycles. The molecule has 0 bridgehead atoms. The highest BCUT2D eigenvalue weighted by Gasteiger charge is 2.22. The Kier molecular flexibility index (Phi) is 6.98. The standard InChI is InChI=1S/C23H23Cl2N3O4/c1-31-20-6-5-14(19(29)9-16-17(24)11-26-12-18(16)25)15-10-21(32-22(15)20)23(30)27-13-28-7-3-2-4-8-28/h5-6,10-12H,2-4,7-9,13H2,1H3,(H,27,30). The number of nitrogens with zero attached hydrogens (tertiary/aromatic N) is 2. The lowest BCUT2D eigenvalue weighted by atomic mass is 10.00. The third-order valence-electron chi connectivity index (χ3n) is 5.59. The van der Waals surface area contributed by atoms with Gasteiger partial charge in [0.15, 0.2) is 22.9 Å². The van der Waals surface area contributed by atoms with Crippen LogP contribution in [0.2, 0.25) is 10.0 Å². The Bertz CT molecular complexity index is 1140. The first-order chi connectivity index (χ1) is 15.5. The van der Waals surface area contributed by atoms with E-state index < -0.39 is 0 Å². The van der Waals surface area contributed by atoms with Gasteiger partial charge in [-0.25, -0.2) is 0 Å². The smallest absolute Gasteiger partial charge is 0.288 e. The number of fused-ring (bicyclic) bond motifs is 1. The van der Waals surface area contributed by atoms with Crippen molar-refractivity contribution in [3.63, 3.8) is 0 Å². The molecular weight excluding hydrogens is 453 g/mol. The van der Waals surface area contributed by atoms with Crippen LogP contribution in [0.5, 0.6) is 5.75 Å². The number of benzene rings is 1. The van der Waals surface area contributed by atoms with Crippen molar-refractivity contribution in [1.82, 2.24) is 15.2 Å². The Morgan fingerprint density at radius 2 is 1.88 bits per heavy atom. The number of halogens is 2. The van der Waals surface area contributed by atoms with Crippen LogP contribution in [0.1, 0.15) is 45.7 Å². The molecule has 3 aromatic rings. The number of hydrogen-bond donors (Lipinski definition) is 1. The maximum absolute atomic E-state index is 13.1. The van der Waals surface area contributed by atoms with Crippen LogP contribution in [0.25, 0.3) is 11.0 Å². The fourth-order valence-corrected chi connectivity index (χ4v) is 4.36. The normalized spacial score (nSPS) is 14.5. The molecule has 0 saturated carbocycles. The van der Waals surface area contributed by atoms with Crippen LogP contribution < -0.4 is 10.1 Å². The van der Waals surface area contributed by atoms with Crippen LogP contribution in [0.4, 0.5) is 0 Å². The van der Waals surface area contributed by atoms with E-state index in [4.69, 9.17) is 32.4 Å². The third-order valence-corrected chi connectivity index (χ3v) is 6.24. The number of ketones is 1. The van der Waals surface area contributed by atoms with Crippen LogP contribution in [0.15, 0.2) is 35.0 Å². The van der Waals surface area contributed by atoms with Gasteiger partial charge in [0.05, 0.1) is 23.8 Å². The lowest BCUT2D eigenvalue weighted by molar-refractivity contribution is 0.0888. The van der Waals surface area contributed by atoms with Crippen molar-refractivity contribution < 1.29 is 18.7 Å². The predicted octanol–water partition coefficient (Wildman–Crippen LogP) is 4.74. The Morgan fingerprint density at radius 3 is 2.56 bits per heavy atom. The molecule has 1 saturated heterocycles. The van der Waals surface area contributed by atoms with Crippen LogP contribution in [-0.4, -0.2) is 48.4 Å². The molecule has 2 aromatic heterocycles. The summed E-state index contributed by atoms with van der Waals surface area (Å²) in [6.45, 7) is 2.39. The highest BCUT2D eigenvalue weighted by atomic mass is 35.5. The minimum atomic E-state index is -0.340. The second-order valence-corrected chi connectivity index (χ2v) is 8.51. The SMILES string of the molecule is COc1ccc(C(=O)Cc2c(Cl)cncc2Cl)c2cc(C(=O)NCN3CCCCC3)oc12. The predicted molar refractivity (Wildman–Crippen MR) is 123 cm³/mol. The number of carbonyl (C=O) groups excluding carboxylic acids is 2. The van der Waals surface area contributed by atoms with Crippen molar-refractivity contribution in [2.24, 2.45) is 0 Å². The Hall–Kier alpha value is -2.61. The number of nitrogens with one attached hydrogen (secondary N) is 1. The molecule has 3 heterocycles. The number of hydrogen-bond acceptors (Lipinski definition) is 6. The molecule has 4 rings (SSSR count). The quantitative estimate of drug-likeness (QED) is 0.496. The molecule has 0 atom stereocenters. The second-order valence-electron chi connectivity index (χ2n) is 7.69. The van der Waals surface area contributed by atoms with Gasteiger partial charge in [-0.05, 0) is 44.1 Å². The van der Waals surface area contributed by atoms with Crippen molar-refractivity contribution >= 4 is 45.9 Å². The molecule has 168 valence electrons. The first kappa shape index (κ1) is 22.6. The van der Waals surface area contributed by atoms with Crippen LogP contribution in [0.3, 0.4) is 0 Å². The van der Waals surface area contributed by atoms with Crippen molar-refractivity contribution in [2.75, 3.05) is 26.9 Å². The van der Waals surface area contributed by atoms with Crippen molar-refractivity contribution in [3.05, 3.63) is 57.5 Å². The molecular formula is C23H23Cl2N3O4. The van der Waals surface area contributed by atoms with Crippen molar-refractivity contribution in [2.45, 2.75) is 25.7 Å². The van der Waals surface area contributed by atoms with Gasteiger partial charge in [0.1, 0.15) is 0 Å². The van der Waals surface area contributed by atoms with E-state index in [1.165, 1.54) is 25.9 Å². The Balaban J connectivity index is 1.60. The molecule has 1 fully saturated rings. The van der Waals surface area contributed by atoms with Gasteiger partial charge in [0.25, 0.3) is 5.91 Å². The molecule has 9 heteroatoms. The summed E-state index contributed by atoms with van der Waals surface area (Å²) in [6, 6.07) is 4.87. The minimum Gasteiger partial charge on any atom is -0.493 e. The molecule has 1 N–H and O–H groups in total. The molecule has 0 radical (unpaired) electrons. The number of furan rings is 1. The summed E-state index contributed by atoms with van der Waals surface area (Å²) in [5.41, 5.74) is 1.23. The van der Waals surface area contributed by atoms with E-state index in [1.54, 1.807) is 18.2 Å². The van der Waals surface area contributed by atoms with E-state index in [2.05, 4.69) is 15.2 Å². The summed E-state index contributed by atoms with van der Waals surface area (Å²) in [4.78, 5) is 31.9. The van der Waals surface area contributed by atoms with E-state index in [9.17, 15) is 9.59 Å². The lowest BCUT2D eigenvalue weighted by Crippen LogP contribution is -2.40. The molecule has 0 spiro atoms. The highest BCUT2D eigenvalue weighted by molar-refractivity contribution is 6.36. The largest absolute Gasteiger partial charge is 0.493 e. The fraction of sp³-hybridized carbons (Fsp3) is 0.348. The van der Waals surface area contributed by atoms with Crippen molar-refractivity contribution in [1.29, 1.82) is 0 Å². The zero-order valence-electron chi connectivity index (χ0n) is 17.6. The number of ether oxygens (including phenoxy) is 1. The number of methoxy groups -OCH3 is 1. The number of carbonyl (C=O) groups is 2. The third kappa shape index (κ3) is 4.75. The van der Waals surface area contributed by atoms with Gasteiger partial charge < -0.3 is 14.5 Å².